The Bertz CT molecular complexity index is 592. The number of rotatable bonds is 10. The normalized spacial score (nSPS) is 36.6. The van der Waals surface area contributed by atoms with E-state index in [0.717, 1.165) is 38.8 Å². The molecule has 166 valence electrons. The molecule has 7 heteroatoms. The number of ether oxygens (including phenoxy) is 1. The third-order valence-electron chi connectivity index (χ3n) is 7.59. The Hall–Kier alpha value is -0.990. The van der Waals surface area contributed by atoms with Crippen LogP contribution in [0.3, 0.4) is 0 Å². The Balaban J connectivity index is 1.55. The van der Waals surface area contributed by atoms with Crippen LogP contribution in [0.5, 0.6) is 0 Å². The molecule has 7 nitrogen and oxygen atoms in total. The fourth-order valence-electron chi connectivity index (χ4n) is 5.60. The van der Waals surface area contributed by atoms with E-state index in [2.05, 4.69) is 25.2 Å². The highest BCUT2D eigenvalue weighted by Crippen LogP contribution is 2.55. The summed E-state index contributed by atoms with van der Waals surface area (Å²) in [6, 6.07) is 0. The van der Waals surface area contributed by atoms with E-state index >= 15 is 0 Å². The third-order valence-corrected chi connectivity index (χ3v) is 7.59. The standard InChI is InChI=1S/C22H38N2O5/c1-15-5-3-6-16-13-18-19(20(27)22(15,16)2)17(21(28)29-18)14-23-7-4-8-24(9-11-25)10-12-26/h6,15,17-20,23,25-27H,3-5,7-14H2,1-2H3/t15-,17+,18-,19-,20-,22-/m1/s1. The summed E-state index contributed by atoms with van der Waals surface area (Å²) in [5.41, 5.74) is 1.00. The first-order chi connectivity index (χ1) is 13.9. The van der Waals surface area contributed by atoms with Gasteiger partial charge >= 0.3 is 5.97 Å². The minimum atomic E-state index is -0.564. The first-order valence-electron chi connectivity index (χ1n) is 11.2. The lowest BCUT2D eigenvalue weighted by atomic mass is 9.55. The Labute approximate surface area is 174 Å². The molecule has 1 aliphatic heterocycles. The lowest BCUT2D eigenvalue weighted by molar-refractivity contribution is -0.144. The van der Waals surface area contributed by atoms with Gasteiger partial charge in [-0.1, -0.05) is 25.5 Å². The predicted octanol–water partition coefficient (Wildman–Crippen LogP) is 0.538. The van der Waals surface area contributed by atoms with E-state index in [-0.39, 0.29) is 42.5 Å². The van der Waals surface area contributed by atoms with Crippen LogP contribution in [-0.4, -0.2) is 84.3 Å². The van der Waals surface area contributed by atoms with E-state index < -0.39 is 6.10 Å². The average molecular weight is 411 g/mol. The van der Waals surface area contributed by atoms with Crippen molar-refractivity contribution in [3.8, 4) is 0 Å². The zero-order valence-corrected chi connectivity index (χ0v) is 17.8. The van der Waals surface area contributed by atoms with E-state index in [1.165, 1.54) is 5.57 Å². The number of fused-ring (bicyclic) bond motifs is 2. The van der Waals surface area contributed by atoms with Crippen molar-refractivity contribution in [2.45, 2.75) is 51.7 Å². The minimum Gasteiger partial charge on any atom is -0.461 e. The lowest BCUT2D eigenvalue weighted by Crippen LogP contribution is -2.54. The molecular weight excluding hydrogens is 372 g/mol. The zero-order chi connectivity index (χ0) is 21.0. The summed E-state index contributed by atoms with van der Waals surface area (Å²) in [4.78, 5) is 14.6. The number of hydrogen-bond donors (Lipinski definition) is 4. The van der Waals surface area contributed by atoms with E-state index in [1.807, 2.05) is 4.90 Å². The monoisotopic (exact) mass is 410 g/mol. The maximum Gasteiger partial charge on any atom is 0.311 e. The van der Waals surface area contributed by atoms with Gasteiger partial charge in [0.2, 0.25) is 0 Å². The average Bonchev–Trinajstić information content (AvgIpc) is 3.00. The Morgan fingerprint density at radius 2 is 2.00 bits per heavy atom. The van der Waals surface area contributed by atoms with Crippen molar-refractivity contribution in [1.29, 1.82) is 0 Å². The molecule has 1 saturated heterocycles. The summed E-state index contributed by atoms with van der Waals surface area (Å²) < 4.78 is 5.69. The van der Waals surface area contributed by atoms with Crippen molar-refractivity contribution < 1.29 is 24.9 Å². The molecule has 4 N–H and O–H groups in total. The van der Waals surface area contributed by atoms with Crippen LogP contribution in [0.15, 0.2) is 11.6 Å². The van der Waals surface area contributed by atoms with Gasteiger partial charge in [-0.25, -0.2) is 0 Å². The Kier molecular flexibility index (Phi) is 7.73. The van der Waals surface area contributed by atoms with Crippen LogP contribution in [-0.2, 0) is 9.53 Å². The quantitative estimate of drug-likeness (QED) is 0.237. The SMILES string of the molecule is C[C@@H]1CCC=C2C[C@H]3OC(=O)[C@@H](CNCCCN(CCO)CCO)[C@H]3[C@@H](O)[C@@]21C. The second-order valence-corrected chi connectivity index (χ2v) is 9.15. The van der Waals surface area contributed by atoms with E-state index in [0.29, 0.717) is 25.6 Å². The van der Waals surface area contributed by atoms with Crippen molar-refractivity contribution in [2.24, 2.45) is 23.2 Å². The number of esters is 1. The number of aliphatic hydroxyl groups excluding tert-OH is 3. The molecule has 2 fully saturated rings. The smallest absolute Gasteiger partial charge is 0.311 e. The number of allylic oxidation sites excluding steroid dienone is 1. The Morgan fingerprint density at radius 3 is 2.69 bits per heavy atom. The Morgan fingerprint density at radius 1 is 1.28 bits per heavy atom. The van der Waals surface area contributed by atoms with Crippen molar-refractivity contribution >= 4 is 5.97 Å². The molecule has 0 aromatic carbocycles. The summed E-state index contributed by atoms with van der Waals surface area (Å²) >= 11 is 0. The number of nitrogens with one attached hydrogen (secondary N) is 1. The largest absolute Gasteiger partial charge is 0.461 e. The van der Waals surface area contributed by atoms with Crippen LogP contribution in [0.4, 0.5) is 0 Å². The van der Waals surface area contributed by atoms with Gasteiger partial charge in [0, 0.05) is 37.4 Å². The summed E-state index contributed by atoms with van der Waals surface area (Å²) in [6.07, 6.45) is 5.21. The van der Waals surface area contributed by atoms with Gasteiger partial charge in [0.25, 0.3) is 0 Å². The van der Waals surface area contributed by atoms with Crippen LogP contribution >= 0.6 is 0 Å². The molecule has 0 unspecified atom stereocenters. The van der Waals surface area contributed by atoms with Gasteiger partial charge in [-0.15, -0.1) is 0 Å². The molecule has 1 saturated carbocycles. The fraction of sp³-hybridized carbons (Fsp3) is 0.864. The topological polar surface area (TPSA) is 102 Å². The van der Waals surface area contributed by atoms with Gasteiger partial charge < -0.3 is 25.4 Å². The van der Waals surface area contributed by atoms with Crippen LogP contribution in [0.2, 0.25) is 0 Å². The number of carbonyl (C=O) groups is 1. The minimum absolute atomic E-state index is 0.0793. The highest BCUT2D eigenvalue weighted by molar-refractivity contribution is 5.76. The highest BCUT2D eigenvalue weighted by atomic mass is 16.6. The second kappa shape index (κ2) is 9.88. The molecule has 3 aliphatic rings. The molecule has 0 spiro atoms. The summed E-state index contributed by atoms with van der Waals surface area (Å²) in [6.45, 7) is 7.67. The van der Waals surface area contributed by atoms with E-state index in [1.54, 1.807) is 0 Å². The van der Waals surface area contributed by atoms with E-state index in [9.17, 15) is 9.90 Å². The van der Waals surface area contributed by atoms with Gasteiger partial charge in [-0.2, -0.15) is 0 Å². The maximum atomic E-state index is 12.6. The van der Waals surface area contributed by atoms with Crippen molar-refractivity contribution in [3.05, 3.63) is 11.6 Å². The van der Waals surface area contributed by atoms with Crippen LogP contribution < -0.4 is 5.32 Å². The van der Waals surface area contributed by atoms with Crippen LogP contribution in [0.1, 0.15) is 39.5 Å². The lowest BCUT2D eigenvalue weighted by Gasteiger charge is -2.51. The molecule has 0 aromatic heterocycles. The number of nitrogens with zero attached hydrogens (tertiary/aromatic N) is 1. The zero-order valence-electron chi connectivity index (χ0n) is 17.8. The van der Waals surface area contributed by atoms with Gasteiger partial charge in [0.05, 0.1) is 25.2 Å². The van der Waals surface area contributed by atoms with Crippen LogP contribution in [0, 0.1) is 23.2 Å². The van der Waals surface area contributed by atoms with E-state index in [4.69, 9.17) is 14.9 Å². The molecular formula is C22H38N2O5. The number of carbonyl (C=O) groups excluding carboxylic acids is 1. The van der Waals surface area contributed by atoms with Gasteiger partial charge in [-0.3, -0.25) is 9.69 Å². The molecule has 0 bridgehead atoms. The summed E-state index contributed by atoms with van der Waals surface area (Å²) in [5.74, 6) is -0.262. The first kappa shape index (κ1) is 22.7. The van der Waals surface area contributed by atoms with Gasteiger partial charge in [0.15, 0.2) is 0 Å². The second-order valence-electron chi connectivity index (χ2n) is 9.15. The third kappa shape index (κ3) is 4.54. The van der Waals surface area contributed by atoms with Gasteiger partial charge in [0.1, 0.15) is 6.10 Å². The number of hydrogen-bond acceptors (Lipinski definition) is 7. The summed E-state index contributed by atoms with van der Waals surface area (Å²) in [5, 5.41) is 32.9. The molecule has 3 rings (SSSR count). The molecule has 6 atom stereocenters. The molecule has 2 aliphatic carbocycles. The van der Waals surface area contributed by atoms with Crippen LogP contribution in [0.25, 0.3) is 0 Å². The first-order valence-corrected chi connectivity index (χ1v) is 11.2. The van der Waals surface area contributed by atoms with Crippen molar-refractivity contribution in [2.75, 3.05) is 45.9 Å². The molecule has 0 aromatic rings. The molecule has 0 amide bonds. The van der Waals surface area contributed by atoms with Crippen molar-refractivity contribution in [3.63, 3.8) is 0 Å². The predicted molar refractivity (Wildman–Crippen MR) is 110 cm³/mol. The van der Waals surface area contributed by atoms with Gasteiger partial charge in [-0.05, 0) is 38.3 Å². The fourth-order valence-corrected chi connectivity index (χ4v) is 5.60. The van der Waals surface area contributed by atoms with Crippen molar-refractivity contribution in [1.82, 2.24) is 10.2 Å². The maximum absolute atomic E-state index is 12.6. The summed E-state index contributed by atoms with van der Waals surface area (Å²) in [7, 11) is 0. The molecule has 0 radical (unpaired) electrons. The highest BCUT2D eigenvalue weighted by Gasteiger charge is 2.59. The number of aliphatic hydroxyl groups is 3. The molecule has 1 heterocycles. The molecule has 29 heavy (non-hydrogen) atoms.